The highest BCUT2D eigenvalue weighted by Gasteiger charge is 2.16. The Morgan fingerprint density at radius 1 is 1.20 bits per heavy atom. The smallest absolute Gasteiger partial charge is 0.251 e. The summed E-state index contributed by atoms with van der Waals surface area (Å²) < 4.78 is 1.05. The summed E-state index contributed by atoms with van der Waals surface area (Å²) in [6.07, 6.45) is 2.18. The van der Waals surface area contributed by atoms with Gasteiger partial charge in [0.25, 0.3) is 5.91 Å². The lowest BCUT2D eigenvalue weighted by atomic mass is 10.0. The zero-order chi connectivity index (χ0) is 13.9. The zero-order valence-corrected chi connectivity index (χ0v) is 12.7. The highest BCUT2D eigenvalue weighted by molar-refractivity contribution is 9.10. The van der Waals surface area contributed by atoms with E-state index in [9.17, 15) is 4.79 Å². The molecule has 104 valence electrons. The van der Waals surface area contributed by atoms with Gasteiger partial charge in [-0.15, -0.1) is 0 Å². The molecule has 0 aliphatic carbocycles. The molecule has 0 spiro atoms. The predicted molar refractivity (Wildman–Crippen MR) is 85.0 cm³/mol. The number of amides is 1. The van der Waals surface area contributed by atoms with Gasteiger partial charge in [-0.1, -0.05) is 28.1 Å². The predicted octanol–water partition coefficient (Wildman–Crippen LogP) is 3.08. The molecule has 1 fully saturated rings. The fourth-order valence-electron chi connectivity index (χ4n) is 2.60. The number of rotatable bonds is 2. The number of halogens is 1. The van der Waals surface area contributed by atoms with Crippen molar-refractivity contribution >= 4 is 32.6 Å². The van der Waals surface area contributed by atoms with Crippen LogP contribution in [0.25, 0.3) is 10.8 Å². The summed E-state index contributed by atoms with van der Waals surface area (Å²) in [6, 6.07) is 12.2. The van der Waals surface area contributed by atoms with Crippen LogP contribution in [-0.4, -0.2) is 25.0 Å². The standard InChI is InChI=1S/C16H17BrN2O/c17-14-6-5-11-8-13(4-3-12(11)9-14)16(20)19-15-2-1-7-18-10-15/h3-6,8-9,15,18H,1-2,7,10H2,(H,19,20)/t15-/m1/s1. The van der Waals surface area contributed by atoms with Crippen LogP contribution in [0.3, 0.4) is 0 Å². The first-order valence-electron chi connectivity index (χ1n) is 6.93. The van der Waals surface area contributed by atoms with E-state index in [1.54, 1.807) is 0 Å². The van der Waals surface area contributed by atoms with Crippen LogP contribution in [0.5, 0.6) is 0 Å². The van der Waals surface area contributed by atoms with Crippen molar-refractivity contribution in [3.05, 3.63) is 46.4 Å². The van der Waals surface area contributed by atoms with Crippen molar-refractivity contribution in [2.45, 2.75) is 18.9 Å². The van der Waals surface area contributed by atoms with Crippen LogP contribution in [0.2, 0.25) is 0 Å². The van der Waals surface area contributed by atoms with E-state index in [4.69, 9.17) is 0 Å². The average Bonchev–Trinajstić information content (AvgIpc) is 2.47. The second-order valence-corrected chi connectivity index (χ2v) is 6.14. The summed E-state index contributed by atoms with van der Waals surface area (Å²) in [6.45, 7) is 1.92. The first-order valence-corrected chi connectivity index (χ1v) is 7.72. The van der Waals surface area contributed by atoms with Crippen molar-refractivity contribution in [1.29, 1.82) is 0 Å². The Morgan fingerprint density at radius 3 is 2.80 bits per heavy atom. The number of benzene rings is 2. The topological polar surface area (TPSA) is 41.1 Å². The van der Waals surface area contributed by atoms with Gasteiger partial charge in [0.15, 0.2) is 0 Å². The van der Waals surface area contributed by atoms with E-state index in [0.717, 1.165) is 46.7 Å². The van der Waals surface area contributed by atoms with Crippen molar-refractivity contribution in [3.63, 3.8) is 0 Å². The summed E-state index contributed by atoms with van der Waals surface area (Å²) in [4.78, 5) is 12.3. The lowest BCUT2D eigenvalue weighted by molar-refractivity contribution is 0.0931. The Hall–Kier alpha value is -1.39. The van der Waals surface area contributed by atoms with Crippen LogP contribution < -0.4 is 10.6 Å². The van der Waals surface area contributed by atoms with E-state index in [0.29, 0.717) is 0 Å². The van der Waals surface area contributed by atoms with Crippen molar-refractivity contribution in [2.75, 3.05) is 13.1 Å². The molecular weight excluding hydrogens is 316 g/mol. The number of hydrogen-bond acceptors (Lipinski definition) is 2. The molecule has 1 atom stereocenters. The molecule has 4 heteroatoms. The minimum atomic E-state index is 0.0171. The lowest BCUT2D eigenvalue weighted by Crippen LogP contribution is -2.45. The van der Waals surface area contributed by atoms with Gasteiger partial charge in [-0.3, -0.25) is 4.79 Å². The molecule has 1 aliphatic rings. The number of hydrogen-bond donors (Lipinski definition) is 2. The maximum absolute atomic E-state index is 12.3. The van der Waals surface area contributed by atoms with Gasteiger partial charge in [-0.2, -0.15) is 0 Å². The maximum atomic E-state index is 12.3. The van der Waals surface area contributed by atoms with Gasteiger partial charge in [-0.05, 0) is 54.4 Å². The molecule has 2 N–H and O–H groups in total. The minimum absolute atomic E-state index is 0.0171. The van der Waals surface area contributed by atoms with E-state index in [2.05, 4.69) is 32.6 Å². The Kier molecular flexibility index (Phi) is 4.03. The third-order valence-corrected chi connectivity index (χ3v) is 4.19. The Labute approximate surface area is 126 Å². The summed E-state index contributed by atoms with van der Waals surface area (Å²) >= 11 is 3.46. The molecule has 3 nitrogen and oxygen atoms in total. The van der Waals surface area contributed by atoms with Crippen LogP contribution in [0.4, 0.5) is 0 Å². The Morgan fingerprint density at radius 2 is 2.00 bits per heavy atom. The van der Waals surface area contributed by atoms with E-state index in [1.807, 2.05) is 30.3 Å². The lowest BCUT2D eigenvalue weighted by Gasteiger charge is -2.23. The summed E-state index contributed by atoms with van der Waals surface area (Å²) in [5.41, 5.74) is 0.727. The van der Waals surface area contributed by atoms with Crippen LogP contribution in [0, 0.1) is 0 Å². The van der Waals surface area contributed by atoms with Gasteiger partial charge >= 0.3 is 0 Å². The van der Waals surface area contributed by atoms with Gasteiger partial charge in [0.1, 0.15) is 0 Å². The van der Waals surface area contributed by atoms with E-state index >= 15 is 0 Å². The monoisotopic (exact) mass is 332 g/mol. The SMILES string of the molecule is O=C(N[C@@H]1CCCNC1)c1ccc2cc(Br)ccc2c1. The van der Waals surface area contributed by atoms with Gasteiger partial charge < -0.3 is 10.6 Å². The Bertz CT molecular complexity index is 635. The van der Waals surface area contributed by atoms with Crippen molar-refractivity contribution in [2.24, 2.45) is 0 Å². The molecule has 2 aromatic carbocycles. The molecule has 0 bridgehead atoms. The molecular formula is C16H17BrN2O. The molecule has 1 aliphatic heterocycles. The number of nitrogens with one attached hydrogen (secondary N) is 2. The molecule has 1 amide bonds. The molecule has 1 saturated heterocycles. The summed E-state index contributed by atoms with van der Waals surface area (Å²) in [5, 5.41) is 8.63. The van der Waals surface area contributed by atoms with Gasteiger partial charge in [-0.25, -0.2) is 0 Å². The Balaban J connectivity index is 1.78. The highest BCUT2D eigenvalue weighted by atomic mass is 79.9. The largest absolute Gasteiger partial charge is 0.348 e. The van der Waals surface area contributed by atoms with Gasteiger partial charge in [0, 0.05) is 22.6 Å². The van der Waals surface area contributed by atoms with Gasteiger partial charge in [0.2, 0.25) is 0 Å². The number of piperidine rings is 1. The van der Waals surface area contributed by atoms with Crippen LogP contribution in [-0.2, 0) is 0 Å². The first-order chi connectivity index (χ1) is 9.72. The third kappa shape index (κ3) is 3.02. The van der Waals surface area contributed by atoms with E-state index in [1.165, 1.54) is 0 Å². The minimum Gasteiger partial charge on any atom is -0.348 e. The molecule has 0 unspecified atom stereocenters. The first kappa shape index (κ1) is 13.6. The molecule has 0 saturated carbocycles. The molecule has 20 heavy (non-hydrogen) atoms. The second kappa shape index (κ2) is 5.94. The normalized spacial score (nSPS) is 18.9. The quantitative estimate of drug-likeness (QED) is 0.887. The van der Waals surface area contributed by atoms with Crippen molar-refractivity contribution in [3.8, 4) is 0 Å². The molecule has 2 aromatic rings. The summed E-state index contributed by atoms with van der Waals surface area (Å²) in [7, 11) is 0. The van der Waals surface area contributed by atoms with Crippen LogP contribution >= 0.6 is 15.9 Å². The average molecular weight is 333 g/mol. The number of carbonyl (C=O) groups excluding carboxylic acids is 1. The fourth-order valence-corrected chi connectivity index (χ4v) is 2.98. The van der Waals surface area contributed by atoms with E-state index < -0.39 is 0 Å². The third-order valence-electron chi connectivity index (χ3n) is 3.70. The zero-order valence-electron chi connectivity index (χ0n) is 11.2. The number of carbonyl (C=O) groups is 1. The van der Waals surface area contributed by atoms with E-state index in [-0.39, 0.29) is 11.9 Å². The molecule has 0 radical (unpaired) electrons. The number of fused-ring (bicyclic) bond motifs is 1. The van der Waals surface area contributed by atoms with Gasteiger partial charge in [0.05, 0.1) is 0 Å². The summed E-state index contributed by atoms with van der Waals surface area (Å²) in [5.74, 6) is 0.0171. The molecule has 0 aromatic heterocycles. The molecule has 3 rings (SSSR count). The van der Waals surface area contributed by atoms with Crippen LogP contribution in [0.1, 0.15) is 23.2 Å². The second-order valence-electron chi connectivity index (χ2n) is 5.22. The van der Waals surface area contributed by atoms with Crippen LogP contribution in [0.15, 0.2) is 40.9 Å². The van der Waals surface area contributed by atoms with Crippen molar-refractivity contribution in [1.82, 2.24) is 10.6 Å². The maximum Gasteiger partial charge on any atom is 0.251 e. The van der Waals surface area contributed by atoms with Crippen molar-refractivity contribution < 1.29 is 4.79 Å². The molecule has 1 heterocycles. The fraction of sp³-hybridized carbons (Fsp3) is 0.312. The highest BCUT2D eigenvalue weighted by Crippen LogP contribution is 2.21.